The van der Waals surface area contributed by atoms with Crippen molar-refractivity contribution in [2.24, 2.45) is 0 Å². The number of rotatable bonds is 2. The summed E-state index contributed by atoms with van der Waals surface area (Å²) in [5, 5.41) is 12.9. The van der Waals surface area contributed by atoms with Crippen LogP contribution in [-0.2, 0) is 0 Å². The molecule has 78 valence electrons. The molecule has 0 heterocycles. The molecule has 1 atom stereocenters. The minimum absolute atomic E-state index is 0.0379. The van der Waals surface area contributed by atoms with Crippen LogP contribution in [0.25, 0.3) is 0 Å². The van der Waals surface area contributed by atoms with Crippen LogP contribution in [-0.4, -0.2) is 10.6 Å². The molecule has 0 bridgehead atoms. The van der Waals surface area contributed by atoms with Crippen LogP contribution < -0.4 is 0 Å². The third kappa shape index (κ3) is 2.56. The van der Waals surface area contributed by atoms with Crippen molar-refractivity contribution in [1.82, 2.24) is 5.06 Å². The zero-order chi connectivity index (χ0) is 15.1. The van der Waals surface area contributed by atoms with Gasteiger partial charge in [0.2, 0.25) is 0 Å². The molecule has 0 radical (unpaired) electrons. The number of hydroxylamine groups is 2. The van der Waals surface area contributed by atoms with Crippen LogP contribution >= 0.6 is 0 Å². The van der Waals surface area contributed by atoms with E-state index >= 15 is 0 Å². The smallest absolute Gasteiger partial charge is 0.0626 e. The number of nitrogens with zero attached hydrogens (tertiary/aromatic N) is 1. The second kappa shape index (κ2) is 4.11. The fourth-order valence-corrected chi connectivity index (χ4v) is 1.17. The van der Waals surface area contributed by atoms with Gasteiger partial charge < -0.3 is 10.3 Å². The number of hydrogen-bond acceptors (Lipinski definition) is 2. The van der Waals surface area contributed by atoms with Gasteiger partial charge in [0.05, 0.1) is 6.85 Å². The van der Waals surface area contributed by atoms with Gasteiger partial charge >= 0.3 is 0 Å². The zero-order valence-electron chi connectivity index (χ0n) is 13.9. The van der Waals surface area contributed by atoms with Crippen molar-refractivity contribution in [3.63, 3.8) is 0 Å². The molecule has 0 aliphatic rings. The van der Waals surface area contributed by atoms with Crippen molar-refractivity contribution in [2.75, 3.05) is 0 Å². The van der Waals surface area contributed by atoms with E-state index in [1.54, 1.807) is 27.7 Å². The van der Waals surface area contributed by atoms with E-state index in [0.29, 0.717) is 0 Å². The summed E-state index contributed by atoms with van der Waals surface area (Å²) in [6.45, 7) is 6.69. The Morgan fingerprint density at radius 1 is 1.29 bits per heavy atom. The minimum atomic E-state index is -0.811. The van der Waals surface area contributed by atoms with Crippen LogP contribution in [0.5, 0.6) is 0 Å². The molecular weight excluding hydrogens is 174 g/mol. The van der Waals surface area contributed by atoms with Gasteiger partial charge in [-0.25, -0.2) is 0 Å². The van der Waals surface area contributed by atoms with Gasteiger partial charge in [-0.2, -0.15) is 0 Å². The van der Waals surface area contributed by atoms with Gasteiger partial charge in [0.25, 0.3) is 0 Å². The molecule has 1 unspecified atom stereocenters. The maximum atomic E-state index is 12.2. The normalized spacial score (nSPS) is 19.4. The summed E-state index contributed by atoms with van der Waals surface area (Å²) in [5.41, 5.74) is -0.668. The predicted octanol–water partition coefficient (Wildman–Crippen LogP) is 3.35. The van der Waals surface area contributed by atoms with E-state index in [9.17, 15) is 5.21 Å². The van der Waals surface area contributed by atoms with Gasteiger partial charge in [-0.05, 0) is 33.3 Å². The number of hydrogen-bond donors (Lipinski definition) is 0. The summed E-state index contributed by atoms with van der Waals surface area (Å²) in [4.78, 5) is 0. The van der Waals surface area contributed by atoms with Gasteiger partial charge in [-0.3, -0.25) is 0 Å². The summed E-state index contributed by atoms with van der Waals surface area (Å²) in [6.07, 6.45) is 0. The Balaban J connectivity index is 3.44. The highest BCUT2D eigenvalue weighted by Gasteiger charge is 2.18. The van der Waals surface area contributed by atoms with Crippen LogP contribution in [0.1, 0.15) is 46.2 Å². The molecule has 0 aliphatic heterocycles. The van der Waals surface area contributed by atoms with Gasteiger partial charge in [0, 0.05) is 11.6 Å². The molecule has 0 N–H and O–H groups in total. The van der Waals surface area contributed by atoms with Crippen LogP contribution in [0.3, 0.4) is 0 Å². The molecule has 0 fully saturated rings. The van der Waals surface area contributed by atoms with E-state index in [1.807, 2.05) is 0 Å². The van der Waals surface area contributed by atoms with Crippen molar-refractivity contribution in [3.05, 3.63) is 41.0 Å². The molecule has 0 amide bonds. The molecule has 14 heavy (non-hydrogen) atoms. The highest BCUT2D eigenvalue weighted by Crippen LogP contribution is 2.25. The van der Waals surface area contributed by atoms with Crippen LogP contribution in [0, 0.1) is 5.21 Å². The molecule has 0 saturated heterocycles. The molecule has 0 saturated carbocycles. The topological polar surface area (TPSA) is 26.3 Å². The molecule has 1 aromatic carbocycles. The Labute approximate surface area is 93.2 Å². The Kier molecular flexibility index (Phi) is 1.73. The molecule has 0 aromatic heterocycles. The first-order chi connectivity index (χ1) is 8.50. The van der Waals surface area contributed by atoms with Crippen LogP contribution in [0.2, 0.25) is 0 Å². The average molecular weight is 197 g/mol. The second-order valence-corrected chi connectivity index (χ2v) is 4.21. The van der Waals surface area contributed by atoms with E-state index in [0.717, 1.165) is 5.06 Å². The molecule has 2 nitrogen and oxygen atoms in total. The molecule has 2 heteroatoms. The predicted molar refractivity (Wildman–Crippen MR) is 59.8 cm³/mol. The molecule has 0 aliphatic carbocycles. The van der Waals surface area contributed by atoms with Gasteiger partial charge in [-0.15, -0.1) is 0 Å². The van der Waals surface area contributed by atoms with Gasteiger partial charge in [0.1, 0.15) is 0 Å². The minimum Gasteiger partial charge on any atom is -0.784 e. The molecule has 1 aromatic rings. The lowest BCUT2D eigenvalue weighted by atomic mass is 10.0. The second-order valence-electron chi connectivity index (χ2n) is 4.21. The third-order valence-corrected chi connectivity index (χ3v) is 1.95. The summed E-state index contributed by atoms with van der Waals surface area (Å²) in [5.74, 6) is 0. The van der Waals surface area contributed by atoms with Crippen molar-refractivity contribution in [3.8, 4) is 0 Å². The van der Waals surface area contributed by atoms with Crippen molar-refractivity contribution in [2.45, 2.75) is 39.3 Å². The van der Waals surface area contributed by atoms with E-state index in [-0.39, 0.29) is 17.6 Å². The first-order valence-corrected chi connectivity index (χ1v) is 4.53. The Hall–Kier alpha value is -0.860. The quantitative estimate of drug-likeness (QED) is 0.680. The lowest BCUT2D eigenvalue weighted by molar-refractivity contribution is 0.156. The average Bonchev–Trinajstić information content (AvgIpc) is 2.31. The van der Waals surface area contributed by atoms with E-state index in [4.69, 9.17) is 6.85 Å². The van der Waals surface area contributed by atoms with E-state index in [2.05, 4.69) is 0 Å². The van der Waals surface area contributed by atoms with Gasteiger partial charge in [-0.1, -0.05) is 30.2 Å². The lowest BCUT2D eigenvalue weighted by Crippen LogP contribution is -2.38. The first kappa shape index (κ1) is 5.89. The maximum Gasteiger partial charge on any atom is 0.0626 e. The Morgan fingerprint density at radius 3 is 2.21 bits per heavy atom. The van der Waals surface area contributed by atoms with E-state index < -0.39 is 29.7 Å². The fraction of sp³-hybridized carbons (Fsp3) is 0.500. The molecule has 1 rings (SSSR count). The van der Waals surface area contributed by atoms with Crippen molar-refractivity contribution >= 4 is 0 Å². The van der Waals surface area contributed by atoms with Crippen LogP contribution in [0.15, 0.2) is 30.2 Å². The van der Waals surface area contributed by atoms with E-state index in [1.165, 1.54) is 0 Å². The highest BCUT2D eigenvalue weighted by atomic mass is 16.5. The van der Waals surface area contributed by atoms with Crippen LogP contribution in [0.4, 0.5) is 0 Å². The molecule has 0 spiro atoms. The fourth-order valence-electron chi connectivity index (χ4n) is 1.17. The lowest BCUT2D eigenvalue weighted by Gasteiger charge is -2.46. The highest BCUT2D eigenvalue weighted by molar-refractivity contribution is 5.18. The first-order valence-electron chi connectivity index (χ1n) is 7.03. The van der Waals surface area contributed by atoms with Gasteiger partial charge in [0.15, 0.2) is 0 Å². The summed E-state index contributed by atoms with van der Waals surface area (Å²) in [7, 11) is 0. The number of benzene rings is 1. The van der Waals surface area contributed by atoms with Crippen molar-refractivity contribution < 1.29 is 6.85 Å². The zero-order valence-corrected chi connectivity index (χ0v) is 8.93. The third-order valence-electron chi connectivity index (χ3n) is 1.95. The monoisotopic (exact) mass is 197 g/mol. The molecular formula is C12H18NO-. The summed E-state index contributed by atoms with van der Waals surface area (Å²) in [6, 6.07) is -2.71. The van der Waals surface area contributed by atoms with Crippen molar-refractivity contribution in [1.29, 1.82) is 0 Å². The summed E-state index contributed by atoms with van der Waals surface area (Å²) < 4.78 is 38.4. The maximum absolute atomic E-state index is 12.2. The Morgan fingerprint density at radius 2 is 1.79 bits per heavy atom. The Bertz CT molecular complexity index is 469. The largest absolute Gasteiger partial charge is 0.784 e. The standard InChI is InChI=1S/C12H18NO/c1-10(13(14)12(2,3)4)11-8-6-5-7-9-11/h5-10H,1-4H3/q-1/i5D,6D,7D,8D,9D. The SMILES string of the molecule is [2H]c1c([2H])c([2H])c(C(C)N([O-])C(C)(C)C)c([2H])c1[2H]. The summed E-state index contributed by atoms with van der Waals surface area (Å²) >= 11 is 0.